The largest absolute Gasteiger partial charge is 0.462 e. The van der Waals surface area contributed by atoms with Gasteiger partial charge in [0.15, 0.2) is 0 Å². The first kappa shape index (κ1) is 11.9. The maximum atomic E-state index is 10.5. The molecule has 1 atom stereocenters. The predicted molar refractivity (Wildman–Crippen MR) is 43.9 cm³/mol. The van der Waals surface area contributed by atoms with Crippen molar-refractivity contribution in [2.75, 3.05) is 13.2 Å². The highest BCUT2D eigenvalue weighted by atomic mass is 16.6. The first-order chi connectivity index (χ1) is 6.06. The predicted octanol–water partition coefficient (Wildman–Crippen LogP) is -0.136. The number of carbonyl (C=O) groups is 2. The van der Waals surface area contributed by atoms with Gasteiger partial charge in [-0.1, -0.05) is 0 Å². The Bertz CT molecular complexity index is 177. The maximum Gasteiger partial charge on any atom is 0.303 e. The summed E-state index contributed by atoms with van der Waals surface area (Å²) in [6.45, 7) is 2.41. The van der Waals surface area contributed by atoms with Crippen molar-refractivity contribution in [2.45, 2.75) is 26.4 Å². The minimum Gasteiger partial charge on any atom is -0.462 e. The Balaban J connectivity index is 3.79. The quantitative estimate of drug-likeness (QED) is 0.611. The van der Waals surface area contributed by atoms with Gasteiger partial charge < -0.3 is 14.6 Å². The molecule has 0 aliphatic heterocycles. The summed E-state index contributed by atoms with van der Waals surface area (Å²) in [4.78, 5) is 20.9. The minimum atomic E-state index is -0.550. The molecule has 13 heavy (non-hydrogen) atoms. The van der Waals surface area contributed by atoms with Gasteiger partial charge in [0.05, 0.1) is 0 Å². The Morgan fingerprint density at radius 3 is 2.31 bits per heavy atom. The minimum absolute atomic E-state index is 0.00449. The van der Waals surface area contributed by atoms with Gasteiger partial charge in [-0.25, -0.2) is 0 Å². The van der Waals surface area contributed by atoms with Crippen molar-refractivity contribution in [2.24, 2.45) is 0 Å². The third-order valence-electron chi connectivity index (χ3n) is 1.26. The number of carbonyl (C=O) groups excluding carboxylic acids is 2. The molecule has 0 saturated carbocycles. The van der Waals surface area contributed by atoms with Gasteiger partial charge >= 0.3 is 11.9 Å². The Kier molecular flexibility index (Phi) is 5.88. The number of aliphatic hydroxyl groups excluding tert-OH is 1. The lowest BCUT2D eigenvalue weighted by Crippen LogP contribution is -2.24. The summed E-state index contributed by atoms with van der Waals surface area (Å²) in [6, 6.07) is 0. The lowest BCUT2D eigenvalue weighted by molar-refractivity contribution is -0.157. The van der Waals surface area contributed by atoms with Crippen LogP contribution >= 0.6 is 0 Å². The van der Waals surface area contributed by atoms with Crippen LogP contribution in [0.25, 0.3) is 0 Å². The number of hydrogen-bond acceptors (Lipinski definition) is 5. The van der Waals surface area contributed by atoms with Crippen LogP contribution in [0.1, 0.15) is 20.3 Å². The third-order valence-corrected chi connectivity index (χ3v) is 1.26. The average Bonchev–Trinajstić information content (AvgIpc) is 1.99. The monoisotopic (exact) mass is 190 g/mol. The molecule has 0 rings (SSSR count). The molecule has 5 nitrogen and oxygen atoms in total. The smallest absolute Gasteiger partial charge is 0.303 e. The molecular formula is C8H14O5. The van der Waals surface area contributed by atoms with E-state index in [1.807, 2.05) is 0 Å². The van der Waals surface area contributed by atoms with Gasteiger partial charge in [-0.15, -0.1) is 0 Å². The van der Waals surface area contributed by atoms with Crippen LogP contribution in [0.3, 0.4) is 0 Å². The second kappa shape index (κ2) is 6.42. The molecule has 0 aliphatic rings. The third kappa shape index (κ3) is 7.27. The van der Waals surface area contributed by atoms with Crippen molar-refractivity contribution in [3.05, 3.63) is 0 Å². The molecule has 0 aliphatic carbocycles. The number of rotatable bonds is 5. The first-order valence-electron chi connectivity index (χ1n) is 3.97. The van der Waals surface area contributed by atoms with E-state index in [2.05, 4.69) is 4.74 Å². The molecule has 0 fully saturated rings. The molecular weight excluding hydrogens is 176 g/mol. The number of esters is 2. The fraction of sp³-hybridized carbons (Fsp3) is 0.750. The van der Waals surface area contributed by atoms with E-state index in [1.54, 1.807) is 0 Å². The summed E-state index contributed by atoms with van der Waals surface area (Å²) < 4.78 is 9.40. The van der Waals surface area contributed by atoms with E-state index >= 15 is 0 Å². The van der Waals surface area contributed by atoms with Crippen LogP contribution in [0.2, 0.25) is 0 Å². The van der Waals surface area contributed by atoms with Crippen LogP contribution in [0.4, 0.5) is 0 Å². The summed E-state index contributed by atoms with van der Waals surface area (Å²) >= 11 is 0. The molecule has 1 unspecified atom stereocenters. The maximum absolute atomic E-state index is 10.5. The molecule has 0 heterocycles. The van der Waals surface area contributed by atoms with Crippen molar-refractivity contribution in [1.82, 2.24) is 0 Å². The Labute approximate surface area is 76.6 Å². The SMILES string of the molecule is CC(=O)OCC(CCO)OC(C)=O. The second-order valence-electron chi connectivity index (χ2n) is 2.55. The van der Waals surface area contributed by atoms with E-state index in [4.69, 9.17) is 9.84 Å². The lowest BCUT2D eigenvalue weighted by Gasteiger charge is -2.14. The molecule has 76 valence electrons. The van der Waals surface area contributed by atoms with Gasteiger partial charge in [0.25, 0.3) is 0 Å². The standard InChI is InChI=1S/C8H14O5/c1-6(10)12-5-8(3-4-9)13-7(2)11/h8-9H,3-5H2,1-2H3. The van der Waals surface area contributed by atoms with Crippen LogP contribution in [-0.4, -0.2) is 36.4 Å². The highest BCUT2D eigenvalue weighted by molar-refractivity contribution is 5.67. The Morgan fingerprint density at radius 1 is 1.31 bits per heavy atom. The molecule has 0 bridgehead atoms. The molecule has 0 spiro atoms. The van der Waals surface area contributed by atoms with Gasteiger partial charge in [0.1, 0.15) is 12.7 Å². The second-order valence-corrected chi connectivity index (χ2v) is 2.55. The van der Waals surface area contributed by atoms with E-state index in [1.165, 1.54) is 13.8 Å². The normalized spacial score (nSPS) is 11.9. The van der Waals surface area contributed by atoms with Gasteiger partial charge in [0, 0.05) is 26.9 Å². The van der Waals surface area contributed by atoms with Crippen molar-refractivity contribution in [3.63, 3.8) is 0 Å². The van der Waals surface area contributed by atoms with Gasteiger partial charge in [0.2, 0.25) is 0 Å². The number of ether oxygens (including phenoxy) is 2. The van der Waals surface area contributed by atoms with Crippen LogP contribution in [0.15, 0.2) is 0 Å². The lowest BCUT2D eigenvalue weighted by atomic mass is 10.3. The number of aliphatic hydroxyl groups is 1. The molecule has 0 aromatic carbocycles. The number of hydrogen-bond donors (Lipinski definition) is 1. The summed E-state index contributed by atoms with van der Waals surface area (Å²) in [7, 11) is 0. The Morgan fingerprint density at radius 2 is 1.92 bits per heavy atom. The van der Waals surface area contributed by atoms with Gasteiger partial charge in [-0.2, -0.15) is 0 Å². The summed E-state index contributed by atoms with van der Waals surface area (Å²) in [5.74, 6) is -0.888. The zero-order valence-electron chi connectivity index (χ0n) is 7.78. The molecule has 0 amide bonds. The van der Waals surface area contributed by atoms with Gasteiger partial charge in [-0.3, -0.25) is 9.59 Å². The molecule has 5 heteroatoms. The average molecular weight is 190 g/mol. The van der Waals surface area contributed by atoms with Crippen molar-refractivity contribution in [3.8, 4) is 0 Å². The molecule has 1 N–H and O–H groups in total. The van der Waals surface area contributed by atoms with Crippen LogP contribution in [0, 0.1) is 0 Å². The summed E-state index contributed by atoms with van der Waals surface area (Å²) in [5.41, 5.74) is 0. The van der Waals surface area contributed by atoms with Crippen LogP contribution in [0.5, 0.6) is 0 Å². The van der Waals surface area contributed by atoms with Crippen LogP contribution < -0.4 is 0 Å². The highest BCUT2D eigenvalue weighted by Gasteiger charge is 2.12. The molecule has 0 radical (unpaired) electrons. The van der Waals surface area contributed by atoms with E-state index in [0.29, 0.717) is 0 Å². The van der Waals surface area contributed by atoms with E-state index in [-0.39, 0.29) is 19.6 Å². The van der Waals surface area contributed by atoms with Crippen molar-refractivity contribution in [1.29, 1.82) is 0 Å². The summed E-state index contributed by atoms with van der Waals surface area (Å²) in [5, 5.41) is 8.58. The van der Waals surface area contributed by atoms with E-state index in [9.17, 15) is 9.59 Å². The van der Waals surface area contributed by atoms with Crippen molar-refractivity contribution >= 4 is 11.9 Å². The van der Waals surface area contributed by atoms with Crippen molar-refractivity contribution < 1.29 is 24.2 Å². The van der Waals surface area contributed by atoms with E-state index in [0.717, 1.165) is 0 Å². The fourth-order valence-corrected chi connectivity index (χ4v) is 0.765. The van der Waals surface area contributed by atoms with E-state index < -0.39 is 18.0 Å². The van der Waals surface area contributed by atoms with Gasteiger partial charge in [-0.05, 0) is 0 Å². The topological polar surface area (TPSA) is 72.8 Å². The Hall–Kier alpha value is -1.10. The summed E-state index contributed by atoms with van der Waals surface area (Å²) in [6.07, 6.45) is -0.279. The van der Waals surface area contributed by atoms with Crippen LogP contribution in [-0.2, 0) is 19.1 Å². The fourth-order valence-electron chi connectivity index (χ4n) is 0.765. The molecule has 0 aromatic rings. The first-order valence-corrected chi connectivity index (χ1v) is 3.97. The highest BCUT2D eigenvalue weighted by Crippen LogP contribution is 1.99. The zero-order valence-corrected chi connectivity index (χ0v) is 7.78. The molecule has 0 saturated heterocycles. The molecule has 0 aromatic heterocycles. The zero-order chi connectivity index (χ0) is 10.3.